The Labute approximate surface area is 175 Å². The number of piperazine rings is 1. The second kappa shape index (κ2) is 7.58. The second-order valence-corrected chi connectivity index (χ2v) is 8.17. The molecule has 1 fully saturated rings. The molecular weight excluding hydrogens is 376 g/mol. The highest BCUT2D eigenvalue weighted by Crippen LogP contribution is 2.25. The predicted molar refractivity (Wildman–Crippen MR) is 117 cm³/mol. The normalized spacial score (nSPS) is 16.8. The number of aryl methyl sites for hydroxylation is 1. The number of benzene rings is 3. The second-order valence-electron chi connectivity index (χ2n) is 8.17. The van der Waals surface area contributed by atoms with E-state index in [-0.39, 0.29) is 11.9 Å². The van der Waals surface area contributed by atoms with Crippen LogP contribution in [0.2, 0.25) is 0 Å². The standard InChI is InChI=1S/C25H24N2O3/c1-17-2-4-20-14-22(6-5-19(20)12-17)27-11-10-26(15-24(27)28)9-8-18-3-7-23-21(13-18)16-30-25(23)29/h2-7,12-14H,8-11,15-16H2,1H3. The largest absolute Gasteiger partial charge is 0.457 e. The van der Waals surface area contributed by atoms with Crippen LogP contribution in [0.3, 0.4) is 0 Å². The van der Waals surface area contributed by atoms with E-state index in [9.17, 15) is 9.59 Å². The van der Waals surface area contributed by atoms with Crippen LogP contribution < -0.4 is 4.90 Å². The van der Waals surface area contributed by atoms with Crippen LogP contribution in [-0.2, 0) is 22.6 Å². The summed E-state index contributed by atoms with van der Waals surface area (Å²) in [5.41, 5.74) is 5.02. The number of anilines is 1. The van der Waals surface area contributed by atoms with Gasteiger partial charge in [-0.3, -0.25) is 9.69 Å². The molecule has 0 aliphatic carbocycles. The fourth-order valence-corrected chi connectivity index (χ4v) is 4.34. The summed E-state index contributed by atoms with van der Waals surface area (Å²) in [5.74, 6) is -0.0947. The Balaban J connectivity index is 1.22. The van der Waals surface area contributed by atoms with E-state index in [0.717, 1.165) is 36.1 Å². The maximum absolute atomic E-state index is 12.8. The van der Waals surface area contributed by atoms with Gasteiger partial charge >= 0.3 is 5.97 Å². The van der Waals surface area contributed by atoms with Gasteiger partial charge in [0.2, 0.25) is 5.91 Å². The monoisotopic (exact) mass is 400 g/mol. The lowest BCUT2D eigenvalue weighted by molar-refractivity contribution is -0.121. The molecule has 3 aromatic carbocycles. The number of carbonyl (C=O) groups is 2. The van der Waals surface area contributed by atoms with Crippen LogP contribution in [0, 0.1) is 6.92 Å². The van der Waals surface area contributed by atoms with Crippen LogP contribution in [0.5, 0.6) is 0 Å². The average Bonchev–Trinajstić information content (AvgIpc) is 3.12. The number of esters is 1. The summed E-state index contributed by atoms with van der Waals surface area (Å²) in [7, 11) is 0. The van der Waals surface area contributed by atoms with Gasteiger partial charge in [-0.05, 0) is 47.9 Å². The highest BCUT2D eigenvalue weighted by atomic mass is 16.5. The molecule has 1 amide bonds. The van der Waals surface area contributed by atoms with E-state index in [1.54, 1.807) is 0 Å². The maximum Gasteiger partial charge on any atom is 0.338 e. The Kier molecular flexibility index (Phi) is 4.75. The van der Waals surface area contributed by atoms with Gasteiger partial charge in [-0.2, -0.15) is 0 Å². The Morgan fingerprint density at radius 2 is 1.77 bits per heavy atom. The summed E-state index contributed by atoms with van der Waals surface area (Å²) in [4.78, 5) is 28.5. The van der Waals surface area contributed by atoms with Gasteiger partial charge in [-0.15, -0.1) is 0 Å². The molecule has 0 bridgehead atoms. The minimum atomic E-state index is -0.234. The van der Waals surface area contributed by atoms with Gasteiger partial charge in [0.1, 0.15) is 6.61 Å². The topological polar surface area (TPSA) is 49.9 Å². The summed E-state index contributed by atoms with van der Waals surface area (Å²) in [6.07, 6.45) is 0.851. The van der Waals surface area contributed by atoms with Gasteiger partial charge in [-0.1, -0.05) is 42.0 Å². The van der Waals surface area contributed by atoms with E-state index in [1.165, 1.54) is 16.5 Å². The third kappa shape index (κ3) is 3.57. The number of hydrogen-bond acceptors (Lipinski definition) is 4. The lowest BCUT2D eigenvalue weighted by Gasteiger charge is -2.34. The summed E-state index contributed by atoms with van der Waals surface area (Å²) < 4.78 is 5.07. The molecule has 0 saturated carbocycles. The molecule has 0 unspecified atom stereocenters. The van der Waals surface area contributed by atoms with Gasteiger partial charge < -0.3 is 9.64 Å². The molecule has 1 saturated heterocycles. The van der Waals surface area contributed by atoms with Gasteiger partial charge in [0.05, 0.1) is 12.1 Å². The van der Waals surface area contributed by atoms with Gasteiger partial charge in [-0.25, -0.2) is 4.79 Å². The smallest absolute Gasteiger partial charge is 0.338 e. The van der Waals surface area contributed by atoms with Gasteiger partial charge in [0.25, 0.3) is 0 Å². The van der Waals surface area contributed by atoms with Crippen LogP contribution in [-0.4, -0.2) is 43.0 Å². The number of nitrogens with zero attached hydrogens (tertiary/aromatic N) is 2. The van der Waals surface area contributed by atoms with Crippen molar-refractivity contribution in [1.82, 2.24) is 4.90 Å². The number of amides is 1. The van der Waals surface area contributed by atoms with Crippen molar-refractivity contribution in [2.75, 3.05) is 31.1 Å². The molecule has 0 aromatic heterocycles. The number of fused-ring (bicyclic) bond motifs is 2. The first-order valence-corrected chi connectivity index (χ1v) is 10.4. The third-order valence-electron chi connectivity index (χ3n) is 6.06. The molecule has 152 valence electrons. The summed E-state index contributed by atoms with van der Waals surface area (Å²) in [5, 5.41) is 2.36. The van der Waals surface area contributed by atoms with E-state index in [2.05, 4.69) is 48.2 Å². The molecule has 5 nitrogen and oxygen atoms in total. The SMILES string of the molecule is Cc1ccc2cc(N3CCN(CCc4ccc5c(c4)COC5=O)CC3=O)ccc2c1. The number of hydrogen-bond donors (Lipinski definition) is 0. The Morgan fingerprint density at radius 1 is 0.933 bits per heavy atom. The van der Waals surface area contributed by atoms with Crippen molar-refractivity contribution in [1.29, 1.82) is 0 Å². The molecule has 2 heterocycles. The molecule has 2 aliphatic rings. The van der Waals surface area contributed by atoms with Crippen molar-refractivity contribution in [2.24, 2.45) is 0 Å². The van der Waals surface area contributed by atoms with Crippen molar-refractivity contribution < 1.29 is 14.3 Å². The van der Waals surface area contributed by atoms with Crippen LogP contribution in [0.15, 0.2) is 54.6 Å². The van der Waals surface area contributed by atoms with Crippen LogP contribution in [0.25, 0.3) is 10.8 Å². The highest BCUT2D eigenvalue weighted by molar-refractivity contribution is 5.98. The molecular formula is C25H24N2O3. The maximum atomic E-state index is 12.8. The van der Waals surface area contributed by atoms with E-state index in [1.807, 2.05) is 23.1 Å². The summed E-state index contributed by atoms with van der Waals surface area (Å²) in [6.45, 7) is 5.26. The Bertz CT molecular complexity index is 1150. The lowest BCUT2D eigenvalue weighted by Crippen LogP contribution is -2.50. The Morgan fingerprint density at radius 3 is 2.63 bits per heavy atom. The number of rotatable bonds is 4. The van der Waals surface area contributed by atoms with Crippen molar-refractivity contribution in [3.05, 3.63) is 76.9 Å². The van der Waals surface area contributed by atoms with Gasteiger partial charge in [0.15, 0.2) is 0 Å². The number of cyclic esters (lactones) is 1. The molecule has 2 aliphatic heterocycles. The van der Waals surface area contributed by atoms with E-state index in [4.69, 9.17) is 4.74 Å². The van der Waals surface area contributed by atoms with Crippen molar-refractivity contribution in [3.8, 4) is 0 Å². The fraction of sp³-hybridized carbons (Fsp3) is 0.280. The first-order valence-electron chi connectivity index (χ1n) is 10.4. The third-order valence-corrected chi connectivity index (χ3v) is 6.06. The number of carbonyl (C=O) groups excluding carboxylic acids is 2. The fourth-order valence-electron chi connectivity index (χ4n) is 4.34. The zero-order valence-electron chi connectivity index (χ0n) is 17.1. The number of ether oxygens (including phenoxy) is 1. The van der Waals surface area contributed by atoms with Crippen molar-refractivity contribution in [2.45, 2.75) is 20.0 Å². The van der Waals surface area contributed by atoms with Crippen LogP contribution in [0.4, 0.5) is 5.69 Å². The zero-order valence-corrected chi connectivity index (χ0v) is 17.1. The van der Waals surface area contributed by atoms with Gasteiger partial charge in [0, 0.05) is 30.9 Å². The average molecular weight is 400 g/mol. The minimum Gasteiger partial charge on any atom is -0.457 e. The van der Waals surface area contributed by atoms with E-state index >= 15 is 0 Å². The predicted octanol–water partition coefficient (Wildman–Crippen LogP) is 3.71. The van der Waals surface area contributed by atoms with Crippen LogP contribution in [0.1, 0.15) is 27.0 Å². The highest BCUT2D eigenvalue weighted by Gasteiger charge is 2.25. The first kappa shape index (κ1) is 18.8. The van der Waals surface area contributed by atoms with E-state index < -0.39 is 0 Å². The Hall–Kier alpha value is -3.18. The molecule has 0 atom stereocenters. The molecule has 0 N–H and O–H groups in total. The first-order chi connectivity index (χ1) is 14.6. The van der Waals surface area contributed by atoms with Crippen LogP contribution >= 0.6 is 0 Å². The molecule has 30 heavy (non-hydrogen) atoms. The summed E-state index contributed by atoms with van der Waals surface area (Å²) in [6, 6.07) is 18.5. The lowest BCUT2D eigenvalue weighted by atomic mass is 10.0. The summed E-state index contributed by atoms with van der Waals surface area (Å²) >= 11 is 0. The molecule has 5 rings (SSSR count). The van der Waals surface area contributed by atoms with Crippen molar-refractivity contribution >= 4 is 28.3 Å². The minimum absolute atomic E-state index is 0.140. The zero-order chi connectivity index (χ0) is 20.7. The van der Waals surface area contributed by atoms with Crippen molar-refractivity contribution in [3.63, 3.8) is 0 Å². The van der Waals surface area contributed by atoms with E-state index in [0.29, 0.717) is 25.3 Å². The quantitative estimate of drug-likeness (QED) is 0.627. The molecule has 3 aromatic rings. The molecule has 0 radical (unpaired) electrons. The molecule has 0 spiro atoms. The molecule has 5 heteroatoms.